The number of benzene rings is 3. The molecule has 0 aliphatic rings. The van der Waals surface area contributed by atoms with Crippen molar-refractivity contribution >= 4 is 5.97 Å². The molecule has 0 bridgehead atoms. The van der Waals surface area contributed by atoms with Crippen molar-refractivity contribution in [3.8, 4) is 0 Å². The highest BCUT2D eigenvalue weighted by atomic mass is 16.6. The molecule has 0 aliphatic carbocycles. The van der Waals surface area contributed by atoms with Gasteiger partial charge in [0, 0.05) is 5.57 Å². The lowest BCUT2D eigenvalue weighted by atomic mass is 9.79. The highest BCUT2D eigenvalue weighted by molar-refractivity contribution is 5.87. The van der Waals surface area contributed by atoms with E-state index in [4.69, 9.17) is 4.74 Å². The van der Waals surface area contributed by atoms with Crippen molar-refractivity contribution in [1.29, 1.82) is 0 Å². The van der Waals surface area contributed by atoms with Crippen LogP contribution in [0.25, 0.3) is 0 Å². The second-order valence-electron chi connectivity index (χ2n) is 6.47. The average molecular weight is 358 g/mol. The monoisotopic (exact) mass is 358 g/mol. The fourth-order valence-corrected chi connectivity index (χ4v) is 3.08. The van der Waals surface area contributed by atoms with E-state index in [2.05, 4.69) is 6.58 Å². The first-order valence-corrected chi connectivity index (χ1v) is 8.78. The quantitative estimate of drug-likeness (QED) is 0.509. The van der Waals surface area contributed by atoms with E-state index in [0.29, 0.717) is 16.7 Å². The van der Waals surface area contributed by atoms with Gasteiger partial charge in [0.25, 0.3) is 0 Å². The van der Waals surface area contributed by atoms with E-state index >= 15 is 0 Å². The van der Waals surface area contributed by atoms with E-state index in [1.165, 1.54) is 0 Å². The van der Waals surface area contributed by atoms with E-state index in [1.54, 1.807) is 6.92 Å². The third kappa shape index (κ3) is 3.83. The van der Waals surface area contributed by atoms with E-state index in [9.17, 15) is 9.90 Å². The maximum atomic E-state index is 12.4. The van der Waals surface area contributed by atoms with Gasteiger partial charge < -0.3 is 9.84 Å². The number of rotatable bonds is 6. The molecule has 0 spiro atoms. The molecule has 0 amide bonds. The molecule has 3 heteroatoms. The minimum Gasteiger partial charge on any atom is -0.450 e. The van der Waals surface area contributed by atoms with Crippen molar-refractivity contribution in [2.75, 3.05) is 0 Å². The fourth-order valence-electron chi connectivity index (χ4n) is 3.08. The van der Waals surface area contributed by atoms with E-state index < -0.39 is 17.7 Å². The molecule has 3 aromatic rings. The molecular weight excluding hydrogens is 336 g/mol. The standard InChI is InChI=1S/C24H22O3/c1-18(2)23(25)27-22(19-12-6-3-7-13-19)24(26,20-14-8-4-9-15-20)21-16-10-5-11-17-21/h3-17,22,26H,1H2,2H3. The first-order valence-electron chi connectivity index (χ1n) is 8.78. The predicted octanol–water partition coefficient (Wildman–Crippen LogP) is 4.78. The third-order valence-electron chi connectivity index (χ3n) is 4.48. The minimum atomic E-state index is -1.56. The smallest absolute Gasteiger partial charge is 0.333 e. The number of carbonyl (C=O) groups is 1. The molecule has 3 aromatic carbocycles. The van der Waals surface area contributed by atoms with Crippen LogP contribution in [0, 0.1) is 0 Å². The van der Waals surface area contributed by atoms with Gasteiger partial charge in [-0.2, -0.15) is 0 Å². The van der Waals surface area contributed by atoms with Crippen molar-refractivity contribution in [3.05, 3.63) is 120 Å². The normalized spacial score (nSPS) is 12.2. The van der Waals surface area contributed by atoms with Gasteiger partial charge in [-0.05, 0) is 23.6 Å². The molecule has 0 aliphatic heterocycles. The zero-order valence-electron chi connectivity index (χ0n) is 15.2. The Labute approximate surface area is 159 Å². The summed E-state index contributed by atoms with van der Waals surface area (Å²) in [7, 11) is 0. The van der Waals surface area contributed by atoms with Crippen LogP contribution >= 0.6 is 0 Å². The fraction of sp³-hybridized carbons (Fsp3) is 0.125. The van der Waals surface area contributed by atoms with Gasteiger partial charge in [0.1, 0.15) is 0 Å². The van der Waals surface area contributed by atoms with Gasteiger partial charge in [-0.1, -0.05) is 97.6 Å². The van der Waals surface area contributed by atoms with Crippen LogP contribution in [-0.2, 0) is 15.1 Å². The SMILES string of the molecule is C=C(C)C(=O)OC(c1ccccc1)C(O)(c1ccccc1)c1ccccc1. The van der Waals surface area contributed by atoms with Gasteiger partial charge >= 0.3 is 5.97 Å². The number of hydrogen-bond donors (Lipinski definition) is 1. The molecule has 0 radical (unpaired) electrons. The highest BCUT2D eigenvalue weighted by Gasteiger charge is 2.44. The van der Waals surface area contributed by atoms with Crippen LogP contribution in [-0.4, -0.2) is 11.1 Å². The zero-order valence-corrected chi connectivity index (χ0v) is 15.2. The van der Waals surface area contributed by atoms with Gasteiger partial charge in [-0.3, -0.25) is 0 Å². The van der Waals surface area contributed by atoms with Crippen LogP contribution < -0.4 is 0 Å². The molecule has 27 heavy (non-hydrogen) atoms. The second-order valence-corrected chi connectivity index (χ2v) is 6.47. The highest BCUT2D eigenvalue weighted by Crippen LogP contribution is 2.43. The Balaban J connectivity index is 2.22. The van der Waals surface area contributed by atoms with Crippen LogP contribution in [0.2, 0.25) is 0 Å². The Morgan fingerprint density at radius 3 is 1.67 bits per heavy atom. The molecular formula is C24H22O3. The lowest BCUT2D eigenvalue weighted by Crippen LogP contribution is -2.37. The van der Waals surface area contributed by atoms with Crippen molar-refractivity contribution in [2.45, 2.75) is 18.6 Å². The van der Waals surface area contributed by atoms with Crippen molar-refractivity contribution in [2.24, 2.45) is 0 Å². The summed E-state index contributed by atoms with van der Waals surface area (Å²) in [6, 6.07) is 27.8. The number of esters is 1. The van der Waals surface area contributed by atoms with Crippen molar-refractivity contribution in [1.82, 2.24) is 0 Å². The summed E-state index contributed by atoms with van der Waals surface area (Å²) in [5, 5.41) is 12.0. The van der Waals surface area contributed by atoms with Crippen molar-refractivity contribution < 1.29 is 14.6 Å². The van der Waals surface area contributed by atoms with Crippen molar-refractivity contribution in [3.63, 3.8) is 0 Å². The molecule has 0 fully saturated rings. The minimum absolute atomic E-state index is 0.277. The Bertz CT molecular complexity index is 863. The van der Waals surface area contributed by atoms with E-state index in [-0.39, 0.29) is 5.57 Å². The van der Waals surface area contributed by atoms with Gasteiger partial charge in [0.15, 0.2) is 11.7 Å². The molecule has 0 aromatic heterocycles. The number of ether oxygens (including phenoxy) is 1. The summed E-state index contributed by atoms with van der Waals surface area (Å²) in [5.41, 5.74) is 0.690. The van der Waals surface area contributed by atoms with E-state index in [0.717, 1.165) is 0 Å². The Morgan fingerprint density at radius 2 is 1.26 bits per heavy atom. The first kappa shape index (κ1) is 18.6. The number of aliphatic hydroxyl groups is 1. The topological polar surface area (TPSA) is 46.5 Å². The van der Waals surface area contributed by atoms with Gasteiger partial charge in [0.2, 0.25) is 0 Å². The first-order chi connectivity index (χ1) is 13.0. The molecule has 0 heterocycles. The molecule has 0 saturated heterocycles. The van der Waals surface area contributed by atoms with Crippen LogP contribution in [0.5, 0.6) is 0 Å². The lowest BCUT2D eigenvalue weighted by Gasteiger charge is -2.37. The average Bonchev–Trinajstić information content (AvgIpc) is 2.73. The molecule has 1 atom stereocenters. The largest absolute Gasteiger partial charge is 0.450 e. The maximum Gasteiger partial charge on any atom is 0.333 e. The summed E-state index contributed by atoms with van der Waals surface area (Å²) >= 11 is 0. The zero-order chi connectivity index (χ0) is 19.3. The molecule has 1 unspecified atom stereocenters. The molecule has 3 rings (SSSR count). The van der Waals surface area contributed by atoms with Gasteiger partial charge in [-0.15, -0.1) is 0 Å². The van der Waals surface area contributed by atoms with Gasteiger partial charge in [-0.25, -0.2) is 4.79 Å². The summed E-state index contributed by atoms with van der Waals surface area (Å²) in [5.74, 6) is -0.547. The molecule has 136 valence electrons. The predicted molar refractivity (Wildman–Crippen MR) is 106 cm³/mol. The third-order valence-corrected chi connectivity index (χ3v) is 4.48. The molecule has 3 nitrogen and oxygen atoms in total. The second kappa shape index (κ2) is 8.02. The van der Waals surface area contributed by atoms with Crippen LogP contribution in [0.15, 0.2) is 103 Å². The van der Waals surface area contributed by atoms with Crippen LogP contribution in [0.1, 0.15) is 29.7 Å². The molecule has 0 saturated carbocycles. The lowest BCUT2D eigenvalue weighted by molar-refractivity contribution is -0.158. The van der Waals surface area contributed by atoms with Crippen LogP contribution in [0.3, 0.4) is 0 Å². The Morgan fingerprint density at radius 1 is 0.852 bits per heavy atom. The van der Waals surface area contributed by atoms with E-state index in [1.807, 2.05) is 91.0 Å². The maximum absolute atomic E-state index is 12.4. The Hall–Kier alpha value is -3.17. The summed E-state index contributed by atoms with van der Waals surface area (Å²) in [4.78, 5) is 12.4. The molecule has 1 N–H and O–H groups in total. The number of carbonyl (C=O) groups excluding carboxylic acids is 1. The summed E-state index contributed by atoms with van der Waals surface area (Å²) in [6.45, 7) is 5.26. The number of hydrogen-bond acceptors (Lipinski definition) is 3. The summed E-state index contributed by atoms with van der Waals surface area (Å²) in [6.07, 6.45) is -0.937. The van der Waals surface area contributed by atoms with Crippen LogP contribution in [0.4, 0.5) is 0 Å². The Kier molecular flexibility index (Phi) is 5.53. The van der Waals surface area contributed by atoms with Gasteiger partial charge in [0.05, 0.1) is 0 Å². The summed E-state index contributed by atoms with van der Waals surface area (Å²) < 4.78 is 5.78.